The zero-order valence-corrected chi connectivity index (χ0v) is 23.5. The molecule has 0 aliphatic carbocycles. The third-order valence-corrected chi connectivity index (χ3v) is 6.96. The summed E-state index contributed by atoms with van der Waals surface area (Å²) in [5, 5.41) is 7.85. The number of ether oxygens (including phenoxy) is 1. The molecule has 3 amide bonds. The van der Waals surface area contributed by atoms with Crippen LogP contribution in [0.3, 0.4) is 0 Å². The molecule has 4 N–H and O–H groups in total. The summed E-state index contributed by atoms with van der Waals surface area (Å²) in [4.78, 5) is 49.6. The number of rotatable bonds is 3. The average Bonchev–Trinajstić information content (AvgIpc) is 3.33. The lowest BCUT2D eigenvalue weighted by Gasteiger charge is -2.18. The molecule has 14 heteroatoms. The maximum Gasteiger partial charge on any atom is 0.411 e. The van der Waals surface area contributed by atoms with Gasteiger partial charge in [-0.1, -0.05) is 11.6 Å². The Balaban J connectivity index is 1.61. The molecule has 0 saturated carbocycles. The lowest BCUT2D eigenvalue weighted by molar-refractivity contribution is -0.116. The lowest BCUT2D eigenvalue weighted by atomic mass is 10.1. The number of carbonyl (C=O) groups excluding carboxylic acids is 3. The first-order valence-corrected chi connectivity index (χ1v) is 13.4. The average molecular weight is 613 g/mol. The van der Waals surface area contributed by atoms with E-state index in [1.807, 2.05) is 0 Å². The van der Waals surface area contributed by atoms with Crippen LogP contribution in [-0.2, 0) is 22.4 Å². The minimum atomic E-state index is -1.05. The number of methoxy groups -OCH3 is 1. The predicted molar refractivity (Wildman–Crippen MR) is 151 cm³/mol. The van der Waals surface area contributed by atoms with Crippen molar-refractivity contribution in [1.82, 2.24) is 20.3 Å². The smallest absolute Gasteiger partial charge is 0.411 e. The molecule has 0 spiro atoms. The van der Waals surface area contributed by atoms with E-state index in [0.717, 1.165) is 12.1 Å². The first kappa shape index (κ1) is 29.6. The second-order valence-electron chi connectivity index (χ2n) is 9.77. The van der Waals surface area contributed by atoms with E-state index in [1.54, 1.807) is 6.07 Å². The Morgan fingerprint density at radius 2 is 1.77 bits per heavy atom. The van der Waals surface area contributed by atoms with Crippen LogP contribution in [0.4, 0.5) is 29.3 Å². The number of nitrogens with one attached hydrogen (secondary N) is 4. The summed E-state index contributed by atoms with van der Waals surface area (Å²) in [5.74, 6) is -4.15. The fourth-order valence-corrected chi connectivity index (χ4v) is 4.89. The molecule has 0 saturated heterocycles. The van der Waals surface area contributed by atoms with Crippen LogP contribution in [0.25, 0.3) is 11.3 Å². The predicted octanol–water partition coefficient (Wildman–Crippen LogP) is 5.63. The number of H-pyrrole nitrogens is 1. The van der Waals surface area contributed by atoms with E-state index in [4.69, 9.17) is 11.6 Å². The van der Waals surface area contributed by atoms with Gasteiger partial charge in [-0.05, 0) is 55.0 Å². The summed E-state index contributed by atoms with van der Waals surface area (Å²) in [6, 6.07) is 8.14. The highest BCUT2D eigenvalue weighted by Gasteiger charge is 2.27. The van der Waals surface area contributed by atoms with Gasteiger partial charge in [0.05, 0.1) is 24.5 Å². The van der Waals surface area contributed by atoms with Gasteiger partial charge >= 0.3 is 6.09 Å². The Kier molecular flexibility index (Phi) is 8.35. The van der Waals surface area contributed by atoms with Crippen LogP contribution in [0.5, 0.6) is 0 Å². The normalized spacial score (nSPS) is 14.7. The number of hydrogen-bond donors (Lipinski definition) is 4. The third kappa shape index (κ3) is 6.46. The van der Waals surface area contributed by atoms with Crippen LogP contribution >= 0.6 is 11.6 Å². The Morgan fingerprint density at radius 1 is 1.02 bits per heavy atom. The number of pyridine rings is 1. The quantitative estimate of drug-likeness (QED) is 0.237. The molecule has 0 fully saturated rings. The minimum Gasteiger partial charge on any atom is -0.453 e. The van der Waals surface area contributed by atoms with Gasteiger partial charge in [-0.25, -0.2) is 22.9 Å². The summed E-state index contributed by atoms with van der Waals surface area (Å²) in [5.41, 5.74) is 0.848. The molecule has 1 atom stereocenters. The number of carbonyl (C=O) groups is 3. The zero-order valence-electron chi connectivity index (χ0n) is 22.8. The number of aromatic nitrogens is 3. The van der Waals surface area contributed by atoms with Crippen LogP contribution in [0, 0.1) is 24.4 Å². The summed E-state index contributed by atoms with van der Waals surface area (Å²) in [7, 11) is 1.19. The van der Waals surface area contributed by atoms with E-state index < -0.39 is 47.0 Å². The molecule has 1 aliphatic heterocycles. The van der Waals surface area contributed by atoms with Gasteiger partial charge < -0.3 is 20.4 Å². The standard InChI is InChI=1S/C29H24ClF3N6O4/c1-13-9-18(32)24(19(33)10-13)28(41)37-22-12-14-4-6-17(31)20(34-14)7-8-23(40)36-21-11-15(35-29(42)43-2)3-5-16(21)25-26(30)39-27(22)38-25/h3-6,9-11,22H,7-8,12H2,1-2H3,(H,35,42)(H,36,40)(H,37,41)(H,38,39). The molecular formula is C29H24ClF3N6O4. The summed E-state index contributed by atoms with van der Waals surface area (Å²) >= 11 is 6.55. The first-order chi connectivity index (χ1) is 20.5. The van der Waals surface area contributed by atoms with Crippen molar-refractivity contribution >= 4 is 40.9 Å². The van der Waals surface area contributed by atoms with E-state index in [9.17, 15) is 27.6 Å². The monoisotopic (exact) mass is 612 g/mol. The van der Waals surface area contributed by atoms with E-state index >= 15 is 0 Å². The van der Waals surface area contributed by atoms with E-state index in [-0.39, 0.29) is 53.0 Å². The largest absolute Gasteiger partial charge is 0.453 e. The van der Waals surface area contributed by atoms with E-state index in [0.29, 0.717) is 16.8 Å². The Morgan fingerprint density at radius 3 is 2.49 bits per heavy atom. The van der Waals surface area contributed by atoms with Crippen LogP contribution < -0.4 is 16.0 Å². The maximum atomic E-state index is 14.7. The van der Waals surface area contributed by atoms with Gasteiger partial charge in [-0.15, -0.1) is 0 Å². The van der Waals surface area contributed by atoms with Crippen molar-refractivity contribution in [2.45, 2.75) is 32.2 Å². The van der Waals surface area contributed by atoms with E-state index in [2.05, 4.69) is 35.6 Å². The first-order valence-electron chi connectivity index (χ1n) is 13.0. The number of anilines is 2. The van der Waals surface area contributed by atoms with Gasteiger partial charge in [-0.2, -0.15) is 0 Å². The molecule has 1 unspecified atom stereocenters. The Labute approximate surface area is 248 Å². The highest BCUT2D eigenvalue weighted by atomic mass is 35.5. The zero-order chi connectivity index (χ0) is 30.8. The molecule has 0 radical (unpaired) electrons. The fraction of sp³-hybridized carbons (Fsp3) is 0.207. The minimum absolute atomic E-state index is 0.00454. The van der Waals surface area contributed by atoms with Crippen LogP contribution in [0.15, 0.2) is 42.5 Å². The van der Waals surface area contributed by atoms with Crippen molar-refractivity contribution < 1.29 is 32.3 Å². The highest BCUT2D eigenvalue weighted by molar-refractivity contribution is 6.32. The Hall–Kier alpha value is -4.91. The third-order valence-electron chi connectivity index (χ3n) is 6.69. The molecule has 10 nitrogen and oxygen atoms in total. The van der Waals surface area contributed by atoms with Gasteiger partial charge in [0.1, 0.15) is 39.7 Å². The second-order valence-corrected chi connectivity index (χ2v) is 10.2. The van der Waals surface area contributed by atoms with Gasteiger partial charge in [0.25, 0.3) is 5.91 Å². The lowest BCUT2D eigenvalue weighted by Crippen LogP contribution is -2.32. The summed E-state index contributed by atoms with van der Waals surface area (Å²) in [6.07, 6.45) is -1.01. The number of fused-ring (bicyclic) bond motifs is 6. The van der Waals surface area contributed by atoms with Gasteiger partial charge in [0.15, 0.2) is 0 Å². The highest BCUT2D eigenvalue weighted by Crippen LogP contribution is 2.36. The number of benzene rings is 2. The maximum absolute atomic E-state index is 14.7. The number of aromatic amines is 1. The Bertz CT molecular complexity index is 1740. The molecule has 222 valence electrons. The number of hydrogen-bond acceptors (Lipinski definition) is 6. The van der Waals surface area contributed by atoms with E-state index in [1.165, 1.54) is 38.3 Å². The number of nitrogens with zero attached hydrogens (tertiary/aromatic N) is 2. The molecule has 4 aromatic rings. The van der Waals surface area contributed by atoms with Crippen LogP contribution in [0.2, 0.25) is 5.15 Å². The number of halogens is 4. The number of imidazole rings is 1. The molecule has 2 aromatic heterocycles. The molecule has 3 heterocycles. The molecule has 5 rings (SSSR count). The van der Waals surface area contributed by atoms with Gasteiger partial charge in [-0.3, -0.25) is 19.9 Å². The van der Waals surface area contributed by atoms with Gasteiger partial charge in [0.2, 0.25) is 5.91 Å². The summed E-state index contributed by atoms with van der Waals surface area (Å²) in [6.45, 7) is 1.49. The van der Waals surface area contributed by atoms with Gasteiger partial charge in [0, 0.05) is 36.2 Å². The molecule has 1 aliphatic rings. The topological polar surface area (TPSA) is 138 Å². The van der Waals surface area contributed by atoms with Crippen molar-refractivity contribution in [3.8, 4) is 11.3 Å². The second kappa shape index (κ2) is 12.1. The van der Waals surface area contributed by atoms with Crippen LogP contribution in [-0.4, -0.2) is 40.0 Å². The fourth-order valence-electron chi connectivity index (χ4n) is 4.65. The molecule has 43 heavy (non-hydrogen) atoms. The molecular weight excluding hydrogens is 589 g/mol. The van der Waals surface area contributed by atoms with Crippen molar-refractivity contribution in [2.75, 3.05) is 17.7 Å². The number of amides is 3. The van der Waals surface area contributed by atoms with Crippen molar-refractivity contribution in [3.63, 3.8) is 0 Å². The van der Waals surface area contributed by atoms with Crippen molar-refractivity contribution in [1.29, 1.82) is 0 Å². The molecule has 4 bridgehead atoms. The van der Waals surface area contributed by atoms with Crippen molar-refractivity contribution in [3.05, 3.63) is 93.4 Å². The summed E-state index contributed by atoms with van der Waals surface area (Å²) < 4.78 is 48.6. The SMILES string of the molecule is COC(=O)Nc1ccc2c(c1)NC(=O)CCc1nc(ccc1F)CC(NC(=O)c1c(F)cc(C)cc1F)c1nc-2c(Cl)[nH]1. The van der Waals surface area contributed by atoms with Crippen LogP contribution in [0.1, 0.15) is 45.6 Å². The van der Waals surface area contributed by atoms with Crippen molar-refractivity contribution in [2.24, 2.45) is 0 Å². The molecule has 2 aromatic carbocycles. The number of aryl methyl sites for hydroxylation is 2.